The SMILES string of the molecule is O=C(NCCCCCSC[C@@H]1COCCN(Cc2cccc(C(=O)O)n2)CCOCCOCCN(Cc2cccc(C(=O)O)n2)CCO1)OCC1[C@H]2CCC#CCC[C@@H]12.S. The van der Waals surface area contributed by atoms with Crippen LogP contribution in [0.5, 0.6) is 0 Å². The van der Waals surface area contributed by atoms with E-state index in [1.807, 2.05) is 23.9 Å². The lowest BCUT2D eigenvalue weighted by molar-refractivity contribution is -0.0238. The lowest BCUT2D eigenvalue weighted by Crippen LogP contribution is -2.35. The van der Waals surface area contributed by atoms with Gasteiger partial charge in [-0.05, 0) is 73.5 Å². The lowest BCUT2D eigenvalue weighted by atomic mass is 10.1. The Hall–Kier alpha value is -3.47. The van der Waals surface area contributed by atoms with Crippen LogP contribution in [0.15, 0.2) is 36.4 Å². The van der Waals surface area contributed by atoms with Crippen LogP contribution in [0.1, 0.15) is 77.3 Å². The Morgan fingerprint density at radius 1 is 0.767 bits per heavy atom. The zero-order valence-electron chi connectivity index (χ0n) is 34.6. The normalized spacial score (nSPS) is 22.5. The summed E-state index contributed by atoms with van der Waals surface area (Å²) in [5.41, 5.74) is 1.33. The summed E-state index contributed by atoms with van der Waals surface area (Å²) < 4.78 is 29.9. The molecule has 1 saturated carbocycles. The third-order valence-corrected chi connectivity index (χ3v) is 11.9. The quantitative estimate of drug-likeness (QED) is 0.154. The third-order valence-electron chi connectivity index (χ3n) is 10.7. The van der Waals surface area contributed by atoms with Crippen LogP contribution in [0.3, 0.4) is 0 Å². The van der Waals surface area contributed by atoms with Crippen LogP contribution in [0.25, 0.3) is 0 Å². The summed E-state index contributed by atoms with van der Waals surface area (Å²) in [4.78, 5) is 48.2. The maximum Gasteiger partial charge on any atom is 0.407 e. The maximum absolute atomic E-state index is 12.3. The molecule has 1 unspecified atom stereocenters. The molecule has 0 aromatic carbocycles. The van der Waals surface area contributed by atoms with Crippen molar-refractivity contribution in [1.82, 2.24) is 25.1 Å². The first-order valence-corrected chi connectivity index (χ1v) is 22.1. The summed E-state index contributed by atoms with van der Waals surface area (Å²) in [6, 6.07) is 10.0. The number of ether oxygens (including phenoxy) is 5. The topological polar surface area (TPSA) is 182 Å². The number of pyridine rings is 2. The predicted octanol–water partition coefficient (Wildman–Crippen LogP) is 4.81. The number of unbranched alkanes of at least 4 members (excludes halogenated alkanes) is 2. The van der Waals surface area contributed by atoms with Crippen molar-refractivity contribution in [3.8, 4) is 11.8 Å². The Kier molecular flexibility index (Phi) is 23.1. The van der Waals surface area contributed by atoms with E-state index in [0.717, 1.165) is 56.5 Å². The number of nitrogens with zero attached hydrogens (tertiary/aromatic N) is 4. The van der Waals surface area contributed by atoms with Gasteiger partial charge in [0.25, 0.3) is 0 Å². The zero-order valence-corrected chi connectivity index (χ0v) is 36.4. The van der Waals surface area contributed by atoms with Crippen LogP contribution in [0.4, 0.5) is 4.79 Å². The molecule has 2 aromatic rings. The highest BCUT2D eigenvalue weighted by molar-refractivity contribution is 7.99. The Morgan fingerprint density at radius 3 is 1.92 bits per heavy atom. The number of rotatable bonds is 16. The number of aromatic carboxylic acids is 2. The number of hydrogen-bond acceptors (Lipinski definition) is 13. The van der Waals surface area contributed by atoms with Gasteiger partial charge in [0.05, 0.1) is 70.3 Å². The first kappa shape index (κ1) is 49.2. The molecule has 2 aliphatic carbocycles. The number of carboxylic acid groups (broad SMARTS) is 2. The first-order chi connectivity index (χ1) is 28.9. The van der Waals surface area contributed by atoms with Gasteiger partial charge in [0.15, 0.2) is 0 Å². The zero-order chi connectivity index (χ0) is 41.5. The van der Waals surface area contributed by atoms with Crippen molar-refractivity contribution in [2.45, 2.75) is 64.1 Å². The number of fused-ring (bicyclic) bond motifs is 1. The summed E-state index contributed by atoms with van der Waals surface area (Å²) in [7, 11) is 0. The van der Waals surface area contributed by atoms with E-state index in [2.05, 4.69) is 36.9 Å². The summed E-state index contributed by atoms with van der Waals surface area (Å²) in [5.74, 6) is 7.82. The van der Waals surface area contributed by atoms with E-state index in [0.29, 0.717) is 128 Å². The van der Waals surface area contributed by atoms with Gasteiger partial charge in [-0.3, -0.25) is 9.80 Å². The summed E-state index contributed by atoms with van der Waals surface area (Å²) in [6.07, 6.45) is 6.53. The van der Waals surface area contributed by atoms with E-state index < -0.39 is 11.9 Å². The highest BCUT2D eigenvalue weighted by Crippen LogP contribution is 2.52. The summed E-state index contributed by atoms with van der Waals surface area (Å²) in [5, 5.41) is 21.8. The number of aromatic nitrogens is 2. The summed E-state index contributed by atoms with van der Waals surface area (Å²) in [6.45, 7) is 7.40. The van der Waals surface area contributed by atoms with Crippen molar-refractivity contribution < 1.29 is 48.3 Å². The van der Waals surface area contributed by atoms with E-state index in [1.54, 1.807) is 12.1 Å². The standard InChI is InChI=1S/C43H61N5O10S.H2S/c49-41(50)39-14-8-10-33(45-39)28-47-17-21-54-25-26-55-22-18-48(29-34-11-9-15-40(46-34)42(51)52)20-24-57-35(30-56-23-19-47)32-59-27-7-3-6-16-44-43(53)58-31-38-36-12-4-1-2-5-13-37(36)38;/h8-11,14-15,35-38H,3-7,12-13,16-32H2,(H,44,53)(H,49,50)(H,51,52);1H2/t35-,36-,37+,38?;/m0./s1. The van der Waals surface area contributed by atoms with E-state index in [9.17, 15) is 24.6 Å². The minimum absolute atomic E-state index is 0. The van der Waals surface area contributed by atoms with Gasteiger partial charge in [-0.2, -0.15) is 25.3 Å². The van der Waals surface area contributed by atoms with Crippen molar-refractivity contribution >= 4 is 43.3 Å². The molecule has 4 atom stereocenters. The first-order valence-electron chi connectivity index (χ1n) is 21.0. The largest absolute Gasteiger partial charge is 0.477 e. The van der Waals surface area contributed by atoms with Gasteiger partial charge >= 0.3 is 18.0 Å². The molecule has 0 spiro atoms. The molecule has 2 aromatic heterocycles. The minimum atomic E-state index is -1.06. The van der Waals surface area contributed by atoms with Gasteiger partial charge < -0.3 is 39.2 Å². The van der Waals surface area contributed by atoms with Crippen LogP contribution in [0.2, 0.25) is 0 Å². The molecule has 1 saturated heterocycles. The van der Waals surface area contributed by atoms with E-state index >= 15 is 0 Å². The molecule has 5 rings (SSSR count). The van der Waals surface area contributed by atoms with Crippen molar-refractivity contribution in [3.05, 3.63) is 59.2 Å². The Bertz CT molecular complexity index is 1650. The van der Waals surface area contributed by atoms with E-state index in [4.69, 9.17) is 23.7 Å². The van der Waals surface area contributed by atoms with Gasteiger partial charge in [0.1, 0.15) is 11.4 Å². The fraction of sp³-hybridized carbons (Fsp3) is 0.651. The molecule has 15 nitrogen and oxygen atoms in total. The van der Waals surface area contributed by atoms with Crippen LogP contribution in [-0.2, 0) is 36.8 Å². The number of nitrogens with one attached hydrogen (secondary N) is 1. The second-order valence-electron chi connectivity index (χ2n) is 15.1. The molecular weight excluding hydrogens is 811 g/mol. The predicted molar refractivity (Wildman–Crippen MR) is 233 cm³/mol. The molecule has 3 N–H and O–H groups in total. The molecule has 3 heterocycles. The fourth-order valence-electron chi connectivity index (χ4n) is 7.40. The number of amides is 1. The second kappa shape index (κ2) is 28.2. The van der Waals surface area contributed by atoms with Gasteiger partial charge in [-0.15, -0.1) is 11.8 Å². The van der Waals surface area contributed by atoms with Crippen LogP contribution in [0, 0.1) is 29.6 Å². The van der Waals surface area contributed by atoms with Gasteiger partial charge in [-0.1, -0.05) is 18.6 Å². The summed E-state index contributed by atoms with van der Waals surface area (Å²) >= 11 is 1.82. The van der Waals surface area contributed by atoms with Crippen molar-refractivity contribution in [2.75, 3.05) is 97.1 Å². The van der Waals surface area contributed by atoms with Gasteiger partial charge in [-0.25, -0.2) is 24.4 Å². The molecule has 332 valence electrons. The number of carbonyl (C=O) groups excluding carboxylic acids is 1. The van der Waals surface area contributed by atoms with Crippen molar-refractivity contribution in [2.24, 2.45) is 17.8 Å². The monoisotopic (exact) mass is 873 g/mol. The molecule has 0 bridgehead atoms. The average Bonchev–Trinajstić information content (AvgIpc) is 3.87. The maximum atomic E-state index is 12.3. The Balaban J connectivity index is 0.00000794. The van der Waals surface area contributed by atoms with Crippen LogP contribution >= 0.6 is 25.3 Å². The number of carboxylic acids is 2. The molecule has 1 aliphatic heterocycles. The Morgan fingerprint density at radius 2 is 1.33 bits per heavy atom. The fourth-order valence-corrected chi connectivity index (χ4v) is 8.43. The second-order valence-corrected chi connectivity index (χ2v) is 16.2. The average molecular weight is 874 g/mol. The lowest BCUT2D eigenvalue weighted by Gasteiger charge is -2.25. The van der Waals surface area contributed by atoms with Crippen LogP contribution < -0.4 is 5.32 Å². The highest BCUT2D eigenvalue weighted by Gasteiger charge is 2.49. The molecular formula is C43H63N5O10S2. The number of alkyl carbamates (subject to hydrolysis) is 1. The molecule has 2 fully saturated rings. The van der Waals surface area contributed by atoms with E-state index in [1.165, 1.54) is 12.1 Å². The molecule has 17 heteroatoms. The van der Waals surface area contributed by atoms with Gasteiger partial charge in [0.2, 0.25) is 0 Å². The number of thioether (sulfide) groups is 1. The Labute approximate surface area is 365 Å². The third kappa shape index (κ3) is 18.7. The number of hydrogen-bond donors (Lipinski definition) is 3. The smallest absolute Gasteiger partial charge is 0.407 e. The highest BCUT2D eigenvalue weighted by atomic mass is 32.2. The molecule has 60 heavy (non-hydrogen) atoms. The molecule has 3 aliphatic rings. The molecule has 1 amide bonds. The minimum Gasteiger partial charge on any atom is -0.477 e. The van der Waals surface area contributed by atoms with E-state index in [-0.39, 0.29) is 37.1 Å². The van der Waals surface area contributed by atoms with Crippen molar-refractivity contribution in [1.29, 1.82) is 0 Å². The number of carbonyl (C=O) groups is 3. The van der Waals surface area contributed by atoms with Gasteiger partial charge in [0, 0.05) is 64.4 Å². The molecule has 0 radical (unpaired) electrons. The van der Waals surface area contributed by atoms with Crippen molar-refractivity contribution in [3.63, 3.8) is 0 Å². The van der Waals surface area contributed by atoms with Crippen LogP contribution in [-0.4, -0.2) is 151 Å².